The number of ether oxygens (including phenoxy) is 3. The summed E-state index contributed by atoms with van der Waals surface area (Å²) in [5.74, 6) is -0.992. The topological polar surface area (TPSA) is 78.9 Å². The number of esters is 3. The molecule has 6 heteroatoms. The molecule has 0 N–H and O–H groups in total. The molecule has 1 atom stereocenters. The number of carbonyl (C=O) groups excluding carboxylic acids is 3. The molecule has 0 aliphatic carbocycles. The van der Waals surface area contributed by atoms with Crippen molar-refractivity contribution in [1.29, 1.82) is 0 Å². The van der Waals surface area contributed by atoms with Crippen molar-refractivity contribution >= 4 is 17.9 Å². The molecule has 0 aromatic carbocycles. The first-order valence-corrected chi connectivity index (χ1v) is 22.5. The zero-order chi connectivity index (χ0) is 40.1. The molecule has 0 spiro atoms. The summed E-state index contributed by atoms with van der Waals surface area (Å²) < 4.78 is 16.6. The van der Waals surface area contributed by atoms with E-state index in [1.54, 1.807) is 0 Å². The summed E-state index contributed by atoms with van der Waals surface area (Å²) >= 11 is 0. The average molecular weight is 767 g/mol. The molecule has 0 amide bonds. The van der Waals surface area contributed by atoms with E-state index in [-0.39, 0.29) is 37.5 Å². The summed E-state index contributed by atoms with van der Waals surface area (Å²) in [5.41, 5.74) is 0. The fourth-order valence-electron chi connectivity index (χ4n) is 5.92. The minimum absolute atomic E-state index is 0.102. The molecule has 0 saturated heterocycles. The Balaban J connectivity index is 4.50. The van der Waals surface area contributed by atoms with E-state index in [0.29, 0.717) is 19.3 Å². The summed E-state index contributed by atoms with van der Waals surface area (Å²) in [6.45, 7) is 6.36. The molecule has 6 nitrogen and oxygen atoms in total. The van der Waals surface area contributed by atoms with Crippen molar-refractivity contribution in [1.82, 2.24) is 0 Å². The van der Waals surface area contributed by atoms with Gasteiger partial charge in [-0.3, -0.25) is 14.4 Å². The van der Waals surface area contributed by atoms with Gasteiger partial charge in [0.1, 0.15) is 13.2 Å². The summed E-state index contributed by atoms with van der Waals surface area (Å²) in [6, 6.07) is 0. The van der Waals surface area contributed by atoms with Crippen LogP contribution in [0.15, 0.2) is 72.9 Å². The van der Waals surface area contributed by atoms with Crippen LogP contribution in [-0.2, 0) is 28.6 Å². The van der Waals surface area contributed by atoms with Crippen LogP contribution in [0.1, 0.15) is 201 Å². The Morgan fingerprint density at radius 2 is 0.764 bits per heavy atom. The van der Waals surface area contributed by atoms with Crippen LogP contribution < -0.4 is 0 Å². The van der Waals surface area contributed by atoms with Crippen molar-refractivity contribution in [3.63, 3.8) is 0 Å². The average Bonchev–Trinajstić information content (AvgIpc) is 3.18. The van der Waals surface area contributed by atoms with Gasteiger partial charge in [-0.15, -0.1) is 0 Å². The second-order valence-corrected chi connectivity index (χ2v) is 14.7. The highest BCUT2D eigenvalue weighted by molar-refractivity contribution is 5.71. The standard InChI is InChI=1S/C49H82O6/c1-4-7-10-13-16-19-22-24-27-30-33-36-39-42-48(51)54-45-46(44-53-47(50)41-38-35-32-29-26-21-18-15-12-9-6-3)55-49(52)43-40-37-34-31-28-25-23-20-17-14-11-8-5-2/h7,10,13,15-16,18-19,22,24,27,30,33,46H,4-6,8-9,11-12,14,17,20-21,23,25-26,28-29,31-32,34-45H2,1-3H3/b10-7-,16-13-,18-15-,22-19-,27-24-,33-30-. The van der Waals surface area contributed by atoms with Crippen LogP contribution in [0.5, 0.6) is 0 Å². The molecular weight excluding hydrogens is 685 g/mol. The minimum atomic E-state index is -0.802. The predicted molar refractivity (Wildman–Crippen MR) is 233 cm³/mol. The quantitative estimate of drug-likeness (QED) is 0.0204. The molecule has 0 rings (SSSR count). The Kier molecular flexibility index (Phi) is 41.1. The van der Waals surface area contributed by atoms with Crippen molar-refractivity contribution in [3.8, 4) is 0 Å². The van der Waals surface area contributed by atoms with E-state index in [9.17, 15) is 14.4 Å². The molecule has 314 valence electrons. The zero-order valence-corrected chi connectivity index (χ0v) is 35.7. The highest BCUT2D eigenvalue weighted by Gasteiger charge is 2.19. The van der Waals surface area contributed by atoms with Gasteiger partial charge in [0.15, 0.2) is 6.10 Å². The molecule has 55 heavy (non-hydrogen) atoms. The third-order valence-corrected chi connectivity index (χ3v) is 9.32. The van der Waals surface area contributed by atoms with Crippen molar-refractivity contribution in [2.45, 2.75) is 207 Å². The minimum Gasteiger partial charge on any atom is -0.462 e. The van der Waals surface area contributed by atoms with Crippen LogP contribution in [0.4, 0.5) is 0 Å². The van der Waals surface area contributed by atoms with E-state index >= 15 is 0 Å². The maximum Gasteiger partial charge on any atom is 0.306 e. The molecule has 0 fully saturated rings. The third-order valence-electron chi connectivity index (χ3n) is 9.32. The molecule has 0 bridgehead atoms. The first-order valence-electron chi connectivity index (χ1n) is 22.5. The summed E-state index contributed by atoms with van der Waals surface area (Å²) in [6.07, 6.45) is 53.2. The molecular formula is C49H82O6. The normalized spacial score (nSPS) is 12.7. The van der Waals surface area contributed by atoms with Gasteiger partial charge < -0.3 is 14.2 Å². The lowest BCUT2D eigenvalue weighted by atomic mass is 10.0. The lowest BCUT2D eigenvalue weighted by Gasteiger charge is -2.18. The number of hydrogen-bond acceptors (Lipinski definition) is 6. The van der Waals surface area contributed by atoms with Crippen LogP contribution in [0.25, 0.3) is 0 Å². The Morgan fingerprint density at radius 3 is 1.27 bits per heavy atom. The van der Waals surface area contributed by atoms with Gasteiger partial charge in [-0.1, -0.05) is 203 Å². The summed E-state index contributed by atoms with van der Waals surface area (Å²) in [5, 5.41) is 0. The Morgan fingerprint density at radius 1 is 0.382 bits per heavy atom. The number of allylic oxidation sites excluding steroid dienone is 12. The van der Waals surface area contributed by atoms with E-state index in [0.717, 1.165) is 64.2 Å². The van der Waals surface area contributed by atoms with Gasteiger partial charge >= 0.3 is 17.9 Å². The van der Waals surface area contributed by atoms with Gasteiger partial charge in [-0.2, -0.15) is 0 Å². The van der Waals surface area contributed by atoms with Crippen molar-refractivity contribution in [3.05, 3.63) is 72.9 Å². The Hall–Kier alpha value is -3.15. The largest absolute Gasteiger partial charge is 0.462 e. The third kappa shape index (κ3) is 41.8. The van der Waals surface area contributed by atoms with Gasteiger partial charge in [0.05, 0.1) is 0 Å². The summed E-state index contributed by atoms with van der Waals surface area (Å²) in [7, 11) is 0. The monoisotopic (exact) mass is 767 g/mol. The van der Waals surface area contributed by atoms with Gasteiger partial charge in [0.2, 0.25) is 0 Å². The lowest BCUT2D eigenvalue weighted by molar-refractivity contribution is -0.167. The second kappa shape index (κ2) is 43.6. The first-order chi connectivity index (χ1) is 27.0. The van der Waals surface area contributed by atoms with E-state index in [1.165, 1.54) is 89.9 Å². The molecule has 0 aromatic heterocycles. The Labute approximate surface area is 338 Å². The van der Waals surface area contributed by atoms with E-state index in [1.807, 2.05) is 54.7 Å². The molecule has 0 aliphatic heterocycles. The van der Waals surface area contributed by atoms with Gasteiger partial charge in [-0.05, 0) is 51.4 Å². The molecule has 0 heterocycles. The van der Waals surface area contributed by atoms with Gasteiger partial charge in [-0.25, -0.2) is 0 Å². The SMILES string of the molecule is CC\C=C/C=C\C=C/C=C\C=C/CCCC(=O)OCC(COC(=O)CCCCCCC/C=C\CCCC)OC(=O)CCCCCCCCCCCCCCC. The van der Waals surface area contributed by atoms with Gasteiger partial charge in [0.25, 0.3) is 0 Å². The molecule has 0 aromatic rings. The Bertz CT molecular complexity index is 1070. The number of hydrogen-bond donors (Lipinski definition) is 0. The van der Waals surface area contributed by atoms with Crippen molar-refractivity contribution in [2.75, 3.05) is 13.2 Å². The van der Waals surface area contributed by atoms with Crippen LogP contribution in [-0.4, -0.2) is 37.2 Å². The smallest absolute Gasteiger partial charge is 0.306 e. The highest BCUT2D eigenvalue weighted by atomic mass is 16.6. The number of unbranched alkanes of at least 4 members (excludes halogenated alkanes) is 20. The van der Waals surface area contributed by atoms with Crippen LogP contribution in [0.2, 0.25) is 0 Å². The maximum absolute atomic E-state index is 12.7. The van der Waals surface area contributed by atoms with E-state index in [4.69, 9.17) is 14.2 Å². The number of carbonyl (C=O) groups is 3. The fourth-order valence-corrected chi connectivity index (χ4v) is 5.92. The molecule has 0 aliphatic rings. The van der Waals surface area contributed by atoms with Crippen molar-refractivity contribution in [2.24, 2.45) is 0 Å². The highest BCUT2D eigenvalue weighted by Crippen LogP contribution is 2.14. The van der Waals surface area contributed by atoms with E-state index in [2.05, 4.69) is 39.0 Å². The second-order valence-electron chi connectivity index (χ2n) is 14.7. The van der Waals surface area contributed by atoms with Crippen molar-refractivity contribution < 1.29 is 28.6 Å². The van der Waals surface area contributed by atoms with E-state index < -0.39 is 6.10 Å². The molecule has 0 radical (unpaired) electrons. The van der Waals surface area contributed by atoms with Crippen LogP contribution in [0, 0.1) is 0 Å². The van der Waals surface area contributed by atoms with Gasteiger partial charge in [0, 0.05) is 19.3 Å². The molecule has 0 saturated carbocycles. The first kappa shape index (κ1) is 51.9. The molecule has 1 unspecified atom stereocenters. The van der Waals surface area contributed by atoms with Crippen LogP contribution in [0.3, 0.4) is 0 Å². The number of rotatable bonds is 39. The fraction of sp³-hybridized carbons (Fsp3) is 0.694. The maximum atomic E-state index is 12.7. The van der Waals surface area contributed by atoms with Crippen LogP contribution >= 0.6 is 0 Å². The predicted octanol–water partition coefficient (Wildman–Crippen LogP) is 14.3. The lowest BCUT2D eigenvalue weighted by Crippen LogP contribution is -2.30. The zero-order valence-electron chi connectivity index (χ0n) is 35.7. The summed E-state index contributed by atoms with van der Waals surface area (Å²) in [4.78, 5) is 37.7.